The minimum atomic E-state index is 0.268. The standard InChI is InChI=1S/C17H26N2O/c20-13-16-7-2-1-5-11-19(16)17-8-4-3-6-14(17)12-18-15-9-10-15/h3-4,6,8,15-16,18,20H,1-2,5,7,9-13H2. The minimum Gasteiger partial charge on any atom is -0.394 e. The van der Waals surface area contributed by atoms with Crippen LogP contribution in [0.4, 0.5) is 5.69 Å². The highest BCUT2D eigenvalue weighted by Crippen LogP contribution is 2.28. The van der Waals surface area contributed by atoms with Crippen LogP contribution in [0.5, 0.6) is 0 Å². The van der Waals surface area contributed by atoms with Crippen LogP contribution in [0.1, 0.15) is 44.1 Å². The Morgan fingerprint density at radius 3 is 2.75 bits per heavy atom. The number of aliphatic hydroxyl groups excluding tert-OH is 1. The molecule has 1 unspecified atom stereocenters. The molecule has 0 aromatic heterocycles. The van der Waals surface area contributed by atoms with Gasteiger partial charge in [-0.25, -0.2) is 0 Å². The lowest BCUT2D eigenvalue weighted by Crippen LogP contribution is -2.38. The van der Waals surface area contributed by atoms with E-state index in [0.29, 0.717) is 6.04 Å². The van der Waals surface area contributed by atoms with Crippen LogP contribution in [0.2, 0.25) is 0 Å². The van der Waals surface area contributed by atoms with E-state index in [-0.39, 0.29) is 6.61 Å². The van der Waals surface area contributed by atoms with Gasteiger partial charge in [0.25, 0.3) is 0 Å². The normalized spacial score (nSPS) is 23.6. The van der Waals surface area contributed by atoms with E-state index < -0.39 is 0 Å². The molecule has 1 aliphatic heterocycles. The number of para-hydroxylation sites is 1. The zero-order valence-electron chi connectivity index (χ0n) is 12.2. The number of hydrogen-bond acceptors (Lipinski definition) is 3. The number of benzene rings is 1. The number of rotatable bonds is 5. The molecule has 0 radical (unpaired) electrons. The highest BCUT2D eigenvalue weighted by atomic mass is 16.3. The molecule has 1 aliphatic carbocycles. The van der Waals surface area contributed by atoms with Crippen molar-refractivity contribution in [1.82, 2.24) is 5.32 Å². The van der Waals surface area contributed by atoms with Crippen LogP contribution in [-0.4, -0.2) is 30.3 Å². The monoisotopic (exact) mass is 274 g/mol. The summed E-state index contributed by atoms with van der Waals surface area (Å²) < 4.78 is 0. The third kappa shape index (κ3) is 3.33. The summed E-state index contributed by atoms with van der Waals surface area (Å²) in [6.07, 6.45) is 7.53. The molecule has 2 N–H and O–H groups in total. The third-order valence-electron chi connectivity index (χ3n) is 4.55. The highest BCUT2D eigenvalue weighted by Gasteiger charge is 2.24. The summed E-state index contributed by atoms with van der Waals surface area (Å²) in [4.78, 5) is 2.44. The van der Waals surface area contributed by atoms with E-state index >= 15 is 0 Å². The second-order valence-corrected chi connectivity index (χ2v) is 6.16. The molecule has 2 fully saturated rings. The Hall–Kier alpha value is -1.06. The lowest BCUT2D eigenvalue weighted by atomic mass is 10.1. The molecule has 2 aliphatic rings. The van der Waals surface area contributed by atoms with Gasteiger partial charge in [0.2, 0.25) is 0 Å². The topological polar surface area (TPSA) is 35.5 Å². The van der Waals surface area contributed by atoms with Gasteiger partial charge in [-0.15, -0.1) is 0 Å². The zero-order valence-corrected chi connectivity index (χ0v) is 12.2. The van der Waals surface area contributed by atoms with Gasteiger partial charge < -0.3 is 15.3 Å². The average Bonchev–Trinajstić information content (AvgIpc) is 3.32. The summed E-state index contributed by atoms with van der Waals surface area (Å²) in [6, 6.07) is 9.72. The fraction of sp³-hybridized carbons (Fsp3) is 0.647. The van der Waals surface area contributed by atoms with Gasteiger partial charge in [0.05, 0.1) is 12.6 Å². The summed E-state index contributed by atoms with van der Waals surface area (Å²) in [5.41, 5.74) is 2.70. The molecule has 1 saturated heterocycles. The summed E-state index contributed by atoms with van der Waals surface area (Å²) in [5, 5.41) is 13.3. The molecule has 1 saturated carbocycles. The molecule has 3 nitrogen and oxygen atoms in total. The predicted octanol–water partition coefficient (Wildman–Crippen LogP) is 2.68. The molecule has 110 valence electrons. The maximum absolute atomic E-state index is 9.71. The van der Waals surface area contributed by atoms with Gasteiger partial charge in [0.1, 0.15) is 0 Å². The first-order valence-electron chi connectivity index (χ1n) is 8.07. The predicted molar refractivity (Wildman–Crippen MR) is 83.0 cm³/mol. The number of anilines is 1. The average molecular weight is 274 g/mol. The van der Waals surface area contributed by atoms with E-state index in [9.17, 15) is 5.11 Å². The van der Waals surface area contributed by atoms with Crippen molar-refractivity contribution >= 4 is 5.69 Å². The van der Waals surface area contributed by atoms with Crippen molar-refractivity contribution in [3.63, 3.8) is 0 Å². The molecule has 3 heteroatoms. The van der Waals surface area contributed by atoms with E-state index in [0.717, 1.165) is 25.6 Å². The number of aliphatic hydroxyl groups is 1. The summed E-state index contributed by atoms with van der Waals surface area (Å²) in [6.45, 7) is 2.30. The molecule has 1 aromatic rings. The van der Waals surface area contributed by atoms with Crippen molar-refractivity contribution in [2.75, 3.05) is 18.1 Å². The van der Waals surface area contributed by atoms with E-state index in [1.165, 1.54) is 43.4 Å². The first-order chi connectivity index (χ1) is 9.88. The van der Waals surface area contributed by atoms with Gasteiger partial charge in [-0.1, -0.05) is 31.0 Å². The second-order valence-electron chi connectivity index (χ2n) is 6.16. The quantitative estimate of drug-likeness (QED) is 0.866. The van der Waals surface area contributed by atoms with Crippen LogP contribution in [0.15, 0.2) is 24.3 Å². The zero-order chi connectivity index (χ0) is 13.8. The fourth-order valence-corrected chi connectivity index (χ4v) is 3.17. The number of nitrogens with one attached hydrogen (secondary N) is 1. The second kappa shape index (κ2) is 6.59. The van der Waals surface area contributed by atoms with Crippen molar-refractivity contribution in [1.29, 1.82) is 0 Å². The lowest BCUT2D eigenvalue weighted by Gasteiger charge is -2.32. The van der Waals surface area contributed by atoms with Crippen LogP contribution in [0.3, 0.4) is 0 Å². The molecule has 0 bridgehead atoms. The molecule has 20 heavy (non-hydrogen) atoms. The Balaban J connectivity index is 1.78. The molecule has 3 rings (SSSR count). The Labute approximate surface area is 122 Å². The van der Waals surface area contributed by atoms with E-state index in [4.69, 9.17) is 0 Å². The van der Waals surface area contributed by atoms with Crippen LogP contribution in [0, 0.1) is 0 Å². The number of nitrogens with zero attached hydrogens (tertiary/aromatic N) is 1. The Morgan fingerprint density at radius 1 is 1.10 bits per heavy atom. The van der Waals surface area contributed by atoms with Crippen LogP contribution in [0.25, 0.3) is 0 Å². The van der Waals surface area contributed by atoms with Crippen molar-refractivity contribution in [2.24, 2.45) is 0 Å². The van der Waals surface area contributed by atoms with Gasteiger partial charge in [0, 0.05) is 24.8 Å². The fourth-order valence-electron chi connectivity index (χ4n) is 3.17. The first-order valence-corrected chi connectivity index (χ1v) is 8.07. The van der Waals surface area contributed by atoms with Gasteiger partial charge in [-0.05, 0) is 37.3 Å². The van der Waals surface area contributed by atoms with E-state index in [2.05, 4.69) is 34.5 Å². The molecule has 1 aromatic carbocycles. The third-order valence-corrected chi connectivity index (χ3v) is 4.55. The Bertz CT molecular complexity index is 431. The summed E-state index contributed by atoms with van der Waals surface area (Å²) >= 11 is 0. The largest absolute Gasteiger partial charge is 0.394 e. The van der Waals surface area contributed by atoms with Crippen molar-refractivity contribution in [2.45, 2.75) is 57.2 Å². The van der Waals surface area contributed by atoms with Crippen LogP contribution in [-0.2, 0) is 6.54 Å². The molecule has 1 atom stereocenters. The first kappa shape index (κ1) is 13.9. The van der Waals surface area contributed by atoms with Crippen molar-refractivity contribution in [3.05, 3.63) is 29.8 Å². The van der Waals surface area contributed by atoms with Gasteiger partial charge in [-0.2, -0.15) is 0 Å². The molecule has 0 spiro atoms. The minimum absolute atomic E-state index is 0.268. The molecule has 1 heterocycles. The SMILES string of the molecule is OCC1CCCCCN1c1ccccc1CNC1CC1. The molecular formula is C17H26N2O. The summed E-state index contributed by atoms with van der Waals surface area (Å²) in [5.74, 6) is 0. The molecule has 0 amide bonds. The Morgan fingerprint density at radius 2 is 1.95 bits per heavy atom. The van der Waals surface area contributed by atoms with E-state index in [1.54, 1.807) is 0 Å². The maximum Gasteiger partial charge on any atom is 0.0635 e. The van der Waals surface area contributed by atoms with Crippen molar-refractivity contribution in [3.8, 4) is 0 Å². The Kier molecular flexibility index (Phi) is 4.58. The smallest absolute Gasteiger partial charge is 0.0635 e. The van der Waals surface area contributed by atoms with Gasteiger partial charge >= 0.3 is 0 Å². The van der Waals surface area contributed by atoms with Crippen LogP contribution < -0.4 is 10.2 Å². The highest BCUT2D eigenvalue weighted by molar-refractivity contribution is 5.54. The number of hydrogen-bond donors (Lipinski definition) is 2. The molecular weight excluding hydrogens is 248 g/mol. The maximum atomic E-state index is 9.71. The van der Waals surface area contributed by atoms with Crippen molar-refractivity contribution < 1.29 is 5.11 Å². The van der Waals surface area contributed by atoms with Gasteiger partial charge in [0.15, 0.2) is 0 Å². The van der Waals surface area contributed by atoms with E-state index in [1.807, 2.05) is 0 Å². The van der Waals surface area contributed by atoms with Gasteiger partial charge in [-0.3, -0.25) is 0 Å². The van der Waals surface area contributed by atoms with Crippen LogP contribution >= 0.6 is 0 Å². The summed E-state index contributed by atoms with van der Waals surface area (Å²) in [7, 11) is 0. The lowest BCUT2D eigenvalue weighted by molar-refractivity contribution is 0.255.